The number of hydrogen-bond donors (Lipinski definition) is 1. The van der Waals surface area contributed by atoms with Crippen LogP contribution in [0.25, 0.3) is 0 Å². The maximum absolute atomic E-state index is 13.1. The van der Waals surface area contributed by atoms with Gasteiger partial charge in [0, 0.05) is 31.9 Å². The van der Waals surface area contributed by atoms with E-state index in [4.69, 9.17) is 5.26 Å². The minimum Gasteiger partial charge on any atom is -0.335 e. The van der Waals surface area contributed by atoms with Gasteiger partial charge in [-0.2, -0.15) is 5.26 Å². The van der Waals surface area contributed by atoms with Crippen molar-refractivity contribution in [1.29, 1.82) is 5.26 Å². The number of hydrogen-bond acceptors (Lipinski definition) is 4. The molecule has 0 bridgehead atoms. The predicted octanol–water partition coefficient (Wildman–Crippen LogP) is 1.43. The molecule has 1 aromatic heterocycles. The van der Waals surface area contributed by atoms with Gasteiger partial charge in [-0.15, -0.1) is 0 Å². The number of sulfonamides is 1. The summed E-state index contributed by atoms with van der Waals surface area (Å²) in [4.78, 5) is 4.04. The predicted molar refractivity (Wildman–Crippen MR) is 80.3 cm³/mol. The van der Waals surface area contributed by atoms with Crippen molar-refractivity contribution in [3.8, 4) is 6.07 Å². The molecule has 1 aromatic carbocycles. The number of rotatable bonds is 4. The van der Waals surface area contributed by atoms with E-state index >= 15 is 0 Å². The molecular weight excluding hydrogens is 319 g/mol. The van der Waals surface area contributed by atoms with Crippen LogP contribution in [0.1, 0.15) is 17.8 Å². The fraction of sp³-hybridized carbons (Fsp3) is 0.333. The van der Waals surface area contributed by atoms with Gasteiger partial charge in [-0.25, -0.2) is 22.5 Å². The van der Waals surface area contributed by atoms with Gasteiger partial charge in [0.2, 0.25) is 10.0 Å². The Labute approximate surface area is 133 Å². The Morgan fingerprint density at radius 1 is 1.48 bits per heavy atom. The van der Waals surface area contributed by atoms with E-state index in [-0.39, 0.29) is 22.9 Å². The molecule has 120 valence electrons. The molecule has 1 atom stereocenters. The summed E-state index contributed by atoms with van der Waals surface area (Å²) in [5, 5.41) is 8.99. The van der Waals surface area contributed by atoms with Crippen molar-refractivity contribution in [2.45, 2.75) is 24.3 Å². The number of nitriles is 1. The van der Waals surface area contributed by atoms with Gasteiger partial charge < -0.3 is 4.57 Å². The second-order valence-corrected chi connectivity index (χ2v) is 7.24. The highest BCUT2D eigenvalue weighted by Crippen LogP contribution is 2.20. The van der Waals surface area contributed by atoms with Crippen LogP contribution in [-0.2, 0) is 23.0 Å². The van der Waals surface area contributed by atoms with Crippen molar-refractivity contribution in [3.05, 3.63) is 47.8 Å². The van der Waals surface area contributed by atoms with Crippen molar-refractivity contribution < 1.29 is 12.8 Å². The molecule has 2 aromatic rings. The van der Waals surface area contributed by atoms with E-state index in [2.05, 4.69) is 9.71 Å². The van der Waals surface area contributed by atoms with Gasteiger partial charge in [0.15, 0.2) is 0 Å². The molecule has 1 N–H and O–H groups in total. The monoisotopic (exact) mass is 334 g/mol. The molecule has 2 heterocycles. The first-order valence-electron chi connectivity index (χ1n) is 7.19. The largest absolute Gasteiger partial charge is 0.335 e. The zero-order valence-corrected chi connectivity index (χ0v) is 13.1. The number of aryl methyl sites for hydroxylation is 1. The first-order chi connectivity index (χ1) is 11.0. The first kappa shape index (κ1) is 15.6. The molecule has 23 heavy (non-hydrogen) atoms. The van der Waals surface area contributed by atoms with Crippen molar-refractivity contribution >= 4 is 10.0 Å². The molecular formula is C15H15FN4O2S. The lowest BCUT2D eigenvalue weighted by atomic mass is 10.00. The first-order valence-corrected chi connectivity index (χ1v) is 8.67. The molecule has 8 heteroatoms. The van der Waals surface area contributed by atoms with E-state index < -0.39 is 15.8 Å². The molecule has 1 unspecified atom stereocenters. The minimum atomic E-state index is -3.85. The molecule has 0 spiro atoms. The highest BCUT2D eigenvalue weighted by Gasteiger charge is 2.23. The van der Waals surface area contributed by atoms with Crippen LogP contribution in [0.15, 0.2) is 35.5 Å². The minimum absolute atomic E-state index is 0.150. The third kappa shape index (κ3) is 3.25. The summed E-state index contributed by atoms with van der Waals surface area (Å²) >= 11 is 0. The Hall–Kier alpha value is -2.24. The molecule has 3 rings (SSSR count). The number of imidazole rings is 1. The van der Waals surface area contributed by atoms with Crippen LogP contribution in [0.2, 0.25) is 0 Å². The maximum atomic E-state index is 13.1. The fourth-order valence-electron chi connectivity index (χ4n) is 2.73. The van der Waals surface area contributed by atoms with Gasteiger partial charge in [0.1, 0.15) is 17.7 Å². The van der Waals surface area contributed by atoms with E-state index in [1.165, 1.54) is 0 Å². The van der Waals surface area contributed by atoms with Crippen molar-refractivity contribution in [1.82, 2.24) is 14.3 Å². The second-order valence-electron chi connectivity index (χ2n) is 5.50. The molecule has 0 fully saturated rings. The fourth-order valence-corrected chi connectivity index (χ4v) is 3.98. The normalized spacial score (nSPS) is 17.5. The summed E-state index contributed by atoms with van der Waals surface area (Å²) in [6, 6.07) is 4.79. The topological polar surface area (TPSA) is 87.8 Å². The van der Waals surface area contributed by atoms with Crippen LogP contribution in [-0.4, -0.2) is 24.5 Å². The Morgan fingerprint density at radius 3 is 3.09 bits per heavy atom. The van der Waals surface area contributed by atoms with Gasteiger partial charge in [-0.05, 0) is 30.5 Å². The highest BCUT2D eigenvalue weighted by molar-refractivity contribution is 7.89. The molecule has 1 aliphatic rings. The maximum Gasteiger partial charge on any atom is 0.241 e. The van der Waals surface area contributed by atoms with Gasteiger partial charge in [0.25, 0.3) is 0 Å². The standard InChI is InChI=1S/C15H15FN4O2S/c16-13-2-3-14(12(7-13)8-17)23(21,22)19-9-11-1-4-15-18-5-6-20(15)10-11/h2-3,5-7,11,19H,1,4,9-10H2. The van der Waals surface area contributed by atoms with Crippen LogP contribution in [0, 0.1) is 23.1 Å². The molecule has 0 aliphatic carbocycles. The quantitative estimate of drug-likeness (QED) is 0.916. The number of fused-ring (bicyclic) bond motifs is 1. The summed E-state index contributed by atoms with van der Waals surface area (Å²) < 4.78 is 42.4. The van der Waals surface area contributed by atoms with Crippen LogP contribution in [0.3, 0.4) is 0 Å². The van der Waals surface area contributed by atoms with Crippen LogP contribution in [0.4, 0.5) is 4.39 Å². The Bertz CT molecular complexity index is 870. The van der Waals surface area contributed by atoms with E-state index in [0.717, 1.165) is 36.9 Å². The zero-order chi connectivity index (χ0) is 16.4. The van der Waals surface area contributed by atoms with E-state index in [9.17, 15) is 12.8 Å². The van der Waals surface area contributed by atoms with Crippen molar-refractivity contribution in [2.75, 3.05) is 6.54 Å². The zero-order valence-electron chi connectivity index (χ0n) is 12.2. The van der Waals surface area contributed by atoms with Crippen LogP contribution >= 0.6 is 0 Å². The van der Waals surface area contributed by atoms with Gasteiger partial charge in [-0.1, -0.05) is 0 Å². The van der Waals surface area contributed by atoms with Crippen molar-refractivity contribution in [3.63, 3.8) is 0 Å². The van der Waals surface area contributed by atoms with Crippen LogP contribution < -0.4 is 4.72 Å². The second kappa shape index (κ2) is 6.10. The molecule has 0 radical (unpaired) electrons. The van der Waals surface area contributed by atoms with E-state index in [0.29, 0.717) is 6.54 Å². The summed E-state index contributed by atoms with van der Waals surface area (Å²) in [7, 11) is -3.85. The Kier molecular flexibility index (Phi) is 4.15. The number of nitrogens with one attached hydrogen (secondary N) is 1. The molecule has 0 saturated carbocycles. The SMILES string of the molecule is N#Cc1cc(F)ccc1S(=O)(=O)NCC1CCc2nccn2C1. The summed E-state index contributed by atoms with van der Waals surface area (Å²) in [5.74, 6) is 0.521. The smallest absolute Gasteiger partial charge is 0.241 e. The molecule has 1 aliphatic heterocycles. The number of nitrogens with zero attached hydrogens (tertiary/aromatic N) is 3. The molecule has 6 nitrogen and oxygen atoms in total. The number of benzene rings is 1. The highest BCUT2D eigenvalue weighted by atomic mass is 32.2. The summed E-state index contributed by atoms with van der Waals surface area (Å²) in [6.45, 7) is 0.967. The van der Waals surface area contributed by atoms with E-state index in [1.807, 2.05) is 10.8 Å². The lowest BCUT2D eigenvalue weighted by Gasteiger charge is -2.24. The van der Waals surface area contributed by atoms with Crippen molar-refractivity contribution in [2.24, 2.45) is 5.92 Å². The Morgan fingerprint density at radius 2 is 2.30 bits per heavy atom. The third-order valence-corrected chi connectivity index (χ3v) is 5.43. The van der Waals surface area contributed by atoms with Gasteiger partial charge >= 0.3 is 0 Å². The lowest BCUT2D eigenvalue weighted by molar-refractivity contribution is 0.363. The summed E-state index contributed by atoms with van der Waals surface area (Å²) in [5.41, 5.74) is -0.196. The lowest BCUT2D eigenvalue weighted by Crippen LogP contribution is -2.34. The molecule has 0 saturated heterocycles. The Balaban J connectivity index is 1.72. The van der Waals surface area contributed by atoms with E-state index in [1.54, 1.807) is 12.3 Å². The molecule has 0 amide bonds. The van der Waals surface area contributed by atoms with Gasteiger partial charge in [0.05, 0.1) is 10.5 Å². The van der Waals surface area contributed by atoms with Crippen LogP contribution in [0.5, 0.6) is 0 Å². The van der Waals surface area contributed by atoms with Gasteiger partial charge in [-0.3, -0.25) is 0 Å². The average Bonchev–Trinajstić information content (AvgIpc) is 3.00. The number of halogens is 1. The summed E-state index contributed by atoms with van der Waals surface area (Å²) in [6.07, 6.45) is 5.26. The average molecular weight is 334 g/mol. The number of aromatic nitrogens is 2. The third-order valence-electron chi connectivity index (χ3n) is 3.95.